The number of benzene rings is 1. The Balaban J connectivity index is 2.01. The van der Waals surface area contributed by atoms with Gasteiger partial charge < -0.3 is 9.73 Å². The summed E-state index contributed by atoms with van der Waals surface area (Å²) in [7, 11) is 0. The quantitative estimate of drug-likeness (QED) is 0.899. The van der Waals surface area contributed by atoms with E-state index in [0.717, 1.165) is 11.8 Å². The Bertz CT molecular complexity index is 537. The Morgan fingerprint density at radius 2 is 1.95 bits per heavy atom. The summed E-state index contributed by atoms with van der Waals surface area (Å²) in [4.78, 5) is 0. The van der Waals surface area contributed by atoms with Crippen molar-refractivity contribution < 1.29 is 17.6 Å². The molecule has 0 aliphatic rings. The van der Waals surface area contributed by atoms with Gasteiger partial charge in [-0.15, -0.1) is 0 Å². The van der Waals surface area contributed by atoms with Crippen LogP contribution in [-0.4, -0.2) is 0 Å². The van der Waals surface area contributed by atoms with E-state index < -0.39 is 11.7 Å². The van der Waals surface area contributed by atoms with Crippen LogP contribution >= 0.6 is 15.9 Å². The van der Waals surface area contributed by atoms with Crippen molar-refractivity contribution in [2.45, 2.75) is 19.3 Å². The molecule has 0 aliphatic carbocycles. The number of hydrogen-bond donors (Lipinski definition) is 1. The third-order valence-electron chi connectivity index (χ3n) is 2.54. The molecule has 0 aliphatic heterocycles. The van der Waals surface area contributed by atoms with E-state index in [1.807, 2.05) is 0 Å². The molecule has 6 heteroatoms. The zero-order valence-corrected chi connectivity index (χ0v) is 11.4. The summed E-state index contributed by atoms with van der Waals surface area (Å²) < 4.78 is 43.3. The molecule has 2 aromatic rings. The van der Waals surface area contributed by atoms with Crippen LogP contribution in [0.25, 0.3) is 0 Å². The molecule has 2 rings (SSSR count). The highest BCUT2D eigenvalue weighted by molar-refractivity contribution is 9.10. The van der Waals surface area contributed by atoms with Gasteiger partial charge >= 0.3 is 6.18 Å². The van der Waals surface area contributed by atoms with Crippen LogP contribution in [0.4, 0.5) is 13.2 Å². The Kier molecular flexibility index (Phi) is 4.31. The maximum Gasteiger partial charge on any atom is 0.417 e. The normalized spacial score (nSPS) is 11.8. The Hall–Kier alpha value is -1.27. The van der Waals surface area contributed by atoms with E-state index >= 15 is 0 Å². The molecule has 0 amide bonds. The predicted octanol–water partition coefficient (Wildman–Crippen LogP) is 4.35. The van der Waals surface area contributed by atoms with E-state index in [4.69, 9.17) is 4.42 Å². The summed E-state index contributed by atoms with van der Waals surface area (Å²) >= 11 is 2.91. The van der Waals surface area contributed by atoms with Gasteiger partial charge in [0.2, 0.25) is 0 Å². The summed E-state index contributed by atoms with van der Waals surface area (Å²) in [5.74, 6) is 0.744. The molecule has 0 unspecified atom stereocenters. The van der Waals surface area contributed by atoms with E-state index in [1.54, 1.807) is 24.5 Å². The average Bonchev–Trinajstić information content (AvgIpc) is 2.83. The fourth-order valence-electron chi connectivity index (χ4n) is 1.64. The lowest BCUT2D eigenvalue weighted by Crippen LogP contribution is -2.13. The van der Waals surface area contributed by atoms with Gasteiger partial charge in [0, 0.05) is 11.0 Å². The molecule has 0 bridgehead atoms. The molecule has 0 spiro atoms. The molecule has 0 atom stereocenters. The van der Waals surface area contributed by atoms with Crippen LogP contribution in [0.5, 0.6) is 0 Å². The van der Waals surface area contributed by atoms with Crippen LogP contribution in [-0.2, 0) is 19.3 Å². The largest absolute Gasteiger partial charge is 0.468 e. The van der Waals surface area contributed by atoms with Crippen LogP contribution < -0.4 is 5.32 Å². The van der Waals surface area contributed by atoms with Crippen LogP contribution in [0, 0.1) is 0 Å². The molecular weight excluding hydrogens is 323 g/mol. The lowest BCUT2D eigenvalue weighted by atomic mass is 10.1. The molecule has 19 heavy (non-hydrogen) atoms. The summed E-state index contributed by atoms with van der Waals surface area (Å²) in [6.07, 6.45) is -2.80. The third-order valence-corrected chi connectivity index (χ3v) is 3.24. The lowest BCUT2D eigenvalue weighted by Gasteiger charge is -2.11. The molecule has 0 radical (unpaired) electrons. The Morgan fingerprint density at radius 1 is 1.16 bits per heavy atom. The monoisotopic (exact) mass is 333 g/mol. The summed E-state index contributed by atoms with van der Waals surface area (Å²) in [6.45, 7) is 0.821. The first kappa shape index (κ1) is 14.1. The van der Waals surface area contributed by atoms with Gasteiger partial charge in [-0.2, -0.15) is 13.2 Å². The molecule has 2 nitrogen and oxygen atoms in total. The average molecular weight is 334 g/mol. The van der Waals surface area contributed by atoms with Crippen molar-refractivity contribution in [2.24, 2.45) is 0 Å². The highest BCUT2D eigenvalue weighted by Gasteiger charge is 2.32. The van der Waals surface area contributed by atoms with Crippen molar-refractivity contribution in [1.29, 1.82) is 0 Å². The Morgan fingerprint density at radius 3 is 2.58 bits per heavy atom. The third kappa shape index (κ3) is 3.84. The van der Waals surface area contributed by atoms with E-state index in [-0.39, 0.29) is 4.47 Å². The maximum absolute atomic E-state index is 12.7. The molecule has 1 aromatic heterocycles. The predicted molar refractivity (Wildman–Crippen MR) is 68.4 cm³/mol. The summed E-state index contributed by atoms with van der Waals surface area (Å²) in [5, 5.41) is 3.03. The zero-order chi connectivity index (χ0) is 13.9. The smallest absolute Gasteiger partial charge is 0.417 e. The Labute approximate surface area is 116 Å². The minimum atomic E-state index is -4.35. The van der Waals surface area contributed by atoms with Crippen molar-refractivity contribution in [3.05, 3.63) is 58.0 Å². The van der Waals surface area contributed by atoms with E-state index in [9.17, 15) is 13.2 Å². The lowest BCUT2D eigenvalue weighted by molar-refractivity contribution is -0.138. The first-order valence-electron chi connectivity index (χ1n) is 5.55. The van der Waals surface area contributed by atoms with Gasteiger partial charge in [0.05, 0.1) is 18.4 Å². The number of rotatable bonds is 4. The second kappa shape index (κ2) is 5.79. The fourth-order valence-corrected chi connectivity index (χ4v) is 2.11. The second-order valence-corrected chi connectivity index (χ2v) is 4.85. The minimum Gasteiger partial charge on any atom is -0.468 e. The topological polar surface area (TPSA) is 25.2 Å². The van der Waals surface area contributed by atoms with Crippen molar-refractivity contribution in [3.8, 4) is 0 Å². The molecule has 1 N–H and O–H groups in total. The van der Waals surface area contributed by atoms with Crippen molar-refractivity contribution in [3.63, 3.8) is 0 Å². The van der Waals surface area contributed by atoms with Crippen LogP contribution in [0.3, 0.4) is 0 Å². The number of alkyl halides is 3. The van der Waals surface area contributed by atoms with E-state index in [1.165, 1.54) is 6.07 Å². The van der Waals surface area contributed by atoms with Crippen molar-refractivity contribution in [1.82, 2.24) is 5.32 Å². The van der Waals surface area contributed by atoms with Crippen LogP contribution in [0.15, 0.2) is 45.5 Å². The van der Waals surface area contributed by atoms with Crippen LogP contribution in [0.2, 0.25) is 0 Å². The zero-order valence-electron chi connectivity index (χ0n) is 9.80. The van der Waals surface area contributed by atoms with Crippen LogP contribution in [0.1, 0.15) is 16.9 Å². The summed E-state index contributed by atoms with van der Waals surface area (Å²) in [5.41, 5.74) is -0.0909. The molecule has 0 fully saturated rings. The van der Waals surface area contributed by atoms with Gasteiger partial charge in [0.1, 0.15) is 5.76 Å². The van der Waals surface area contributed by atoms with Gasteiger partial charge in [-0.1, -0.05) is 22.0 Å². The molecule has 102 valence electrons. The first-order valence-corrected chi connectivity index (χ1v) is 6.35. The summed E-state index contributed by atoms with van der Waals surface area (Å²) in [6, 6.07) is 7.76. The van der Waals surface area contributed by atoms with Crippen molar-refractivity contribution in [2.75, 3.05) is 0 Å². The van der Waals surface area contributed by atoms with E-state index in [0.29, 0.717) is 18.7 Å². The van der Waals surface area contributed by atoms with Gasteiger partial charge in [-0.3, -0.25) is 0 Å². The van der Waals surface area contributed by atoms with E-state index in [2.05, 4.69) is 21.2 Å². The molecule has 1 aromatic carbocycles. The SMILES string of the molecule is FC(F)(F)c1cc(CNCc2ccco2)ccc1Br. The molecule has 1 heterocycles. The minimum absolute atomic E-state index is 0.0507. The second-order valence-electron chi connectivity index (χ2n) is 3.99. The highest BCUT2D eigenvalue weighted by atomic mass is 79.9. The van der Waals surface area contributed by atoms with Gasteiger partial charge in [-0.25, -0.2) is 0 Å². The molecular formula is C13H11BrF3NO. The fraction of sp³-hybridized carbons (Fsp3) is 0.231. The molecule has 0 saturated carbocycles. The standard InChI is InChI=1S/C13H11BrF3NO/c14-12-4-3-9(6-11(12)13(15,16)17)7-18-8-10-2-1-5-19-10/h1-6,18H,7-8H2. The van der Waals surface area contributed by atoms with Crippen molar-refractivity contribution >= 4 is 15.9 Å². The number of halogens is 4. The number of furan rings is 1. The molecule has 0 saturated heterocycles. The first-order chi connectivity index (χ1) is 8.97. The number of nitrogens with one attached hydrogen (secondary N) is 1. The van der Waals surface area contributed by atoms with Gasteiger partial charge in [0.25, 0.3) is 0 Å². The maximum atomic E-state index is 12.7. The number of hydrogen-bond acceptors (Lipinski definition) is 2. The van der Waals surface area contributed by atoms with Gasteiger partial charge in [0.15, 0.2) is 0 Å². The van der Waals surface area contributed by atoms with Gasteiger partial charge in [-0.05, 0) is 29.8 Å². The highest BCUT2D eigenvalue weighted by Crippen LogP contribution is 2.35.